The molecule has 0 spiro atoms. The van der Waals surface area contributed by atoms with Gasteiger partial charge in [-0.05, 0) is 25.0 Å². The zero-order chi connectivity index (χ0) is 12.3. The summed E-state index contributed by atoms with van der Waals surface area (Å²) in [5.74, 6) is 0. The summed E-state index contributed by atoms with van der Waals surface area (Å²) in [7, 11) is 0. The molecule has 1 atom stereocenters. The molecular formula is C13H15NOS2. The van der Waals surface area contributed by atoms with E-state index in [2.05, 4.69) is 4.98 Å². The van der Waals surface area contributed by atoms with Crippen LogP contribution in [0.2, 0.25) is 0 Å². The fourth-order valence-corrected chi connectivity index (χ4v) is 3.52. The number of thiazole rings is 1. The summed E-state index contributed by atoms with van der Waals surface area (Å²) in [4.78, 5) is 5.53. The van der Waals surface area contributed by atoms with Gasteiger partial charge in [0.25, 0.3) is 0 Å². The van der Waals surface area contributed by atoms with Crippen molar-refractivity contribution in [3.8, 4) is 0 Å². The Bertz CT molecular complexity index is 496. The lowest BCUT2D eigenvalue weighted by Crippen LogP contribution is -1.96. The number of aliphatic hydroxyl groups excluding tert-OH is 1. The van der Waals surface area contributed by atoms with Crippen LogP contribution in [-0.2, 0) is 0 Å². The lowest BCUT2D eigenvalue weighted by molar-refractivity contribution is 0.171. The molecule has 2 rings (SSSR count). The average molecular weight is 265 g/mol. The number of aryl methyl sites for hydroxylation is 1. The van der Waals surface area contributed by atoms with E-state index in [-0.39, 0.29) is 6.10 Å². The molecule has 0 amide bonds. The van der Waals surface area contributed by atoms with Gasteiger partial charge in [0.05, 0.1) is 6.10 Å². The Labute approximate surface area is 110 Å². The van der Waals surface area contributed by atoms with E-state index in [9.17, 15) is 5.11 Å². The molecule has 1 heterocycles. The van der Waals surface area contributed by atoms with Gasteiger partial charge in [0.15, 0.2) is 4.34 Å². The molecule has 0 bridgehead atoms. The van der Waals surface area contributed by atoms with Crippen LogP contribution in [0, 0.1) is 6.92 Å². The molecule has 1 aromatic heterocycles. The van der Waals surface area contributed by atoms with Crippen molar-refractivity contribution < 1.29 is 5.11 Å². The SMILES string of the molecule is CC[C@H](O)c1ccccc1Sc1nc(C)cs1. The number of hydrogen-bond acceptors (Lipinski definition) is 4. The number of hydrogen-bond donors (Lipinski definition) is 1. The van der Waals surface area contributed by atoms with Crippen LogP contribution in [0.15, 0.2) is 38.9 Å². The van der Waals surface area contributed by atoms with Crippen molar-refractivity contribution in [3.63, 3.8) is 0 Å². The molecular weight excluding hydrogens is 250 g/mol. The Balaban J connectivity index is 2.26. The Kier molecular flexibility index (Phi) is 4.20. The monoisotopic (exact) mass is 265 g/mol. The number of aromatic nitrogens is 1. The van der Waals surface area contributed by atoms with Gasteiger partial charge in [0.2, 0.25) is 0 Å². The smallest absolute Gasteiger partial charge is 0.154 e. The van der Waals surface area contributed by atoms with E-state index in [1.54, 1.807) is 23.1 Å². The Morgan fingerprint density at radius 3 is 2.82 bits per heavy atom. The van der Waals surface area contributed by atoms with Crippen molar-refractivity contribution in [1.29, 1.82) is 0 Å². The van der Waals surface area contributed by atoms with Crippen molar-refractivity contribution in [3.05, 3.63) is 40.9 Å². The van der Waals surface area contributed by atoms with Gasteiger partial charge in [-0.2, -0.15) is 0 Å². The number of aliphatic hydroxyl groups is 1. The Morgan fingerprint density at radius 1 is 1.41 bits per heavy atom. The second-order valence-electron chi connectivity index (χ2n) is 3.82. The van der Waals surface area contributed by atoms with Gasteiger partial charge in [-0.1, -0.05) is 36.9 Å². The maximum absolute atomic E-state index is 9.96. The van der Waals surface area contributed by atoms with Gasteiger partial charge in [0.1, 0.15) is 0 Å². The van der Waals surface area contributed by atoms with Gasteiger partial charge < -0.3 is 5.11 Å². The molecule has 0 saturated heterocycles. The lowest BCUT2D eigenvalue weighted by atomic mass is 10.1. The highest BCUT2D eigenvalue weighted by Crippen LogP contribution is 2.35. The highest BCUT2D eigenvalue weighted by molar-refractivity contribution is 8.01. The van der Waals surface area contributed by atoms with Crippen molar-refractivity contribution in [1.82, 2.24) is 4.98 Å². The van der Waals surface area contributed by atoms with Gasteiger partial charge in [-0.3, -0.25) is 0 Å². The molecule has 4 heteroatoms. The van der Waals surface area contributed by atoms with Crippen LogP contribution in [0.1, 0.15) is 30.7 Å². The van der Waals surface area contributed by atoms with Crippen molar-refractivity contribution in [2.45, 2.75) is 35.6 Å². The third-order valence-corrected chi connectivity index (χ3v) is 4.61. The molecule has 17 heavy (non-hydrogen) atoms. The summed E-state index contributed by atoms with van der Waals surface area (Å²) in [6, 6.07) is 7.98. The Morgan fingerprint density at radius 2 is 2.18 bits per heavy atom. The molecule has 2 aromatic rings. The first-order chi connectivity index (χ1) is 8.20. The maximum atomic E-state index is 9.96. The maximum Gasteiger partial charge on any atom is 0.154 e. The third-order valence-electron chi connectivity index (χ3n) is 2.46. The molecule has 2 nitrogen and oxygen atoms in total. The quantitative estimate of drug-likeness (QED) is 0.905. The van der Waals surface area contributed by atoms with E-state index in [0.29, 0.717) is 0 Å². The number of benzene rings is 1. The van der Waals surface area contributed by atoms with E-state index in [1.807, 2.05) is 43.5 Å². The highest BCUT2D eigenvalue weighted by atomic mass is 32.2. The number of rotatable bonds is 4. The average Bonchev–Trinajstić information content (AvgIpc) is 2.74. The fraction of sp³-hybridized carbons (Fsp3) is 0.308. The summed E-state index contributed by atoms with van der Waals surface area (Å²) >= 11 is 3.27. The molecule has 0 saturated carbocycles. The first-order valence-corrected chi connectivity index (χ1v) is 7.27. The first-order valence-electron chi connectivity index (χ1n) is 5.57. The van der Waals surface area contributed by atoms with Crippen LogP contribution in [-0.4, -0.2) is 10.1 Å². The molecule has 0 unspecified atom stereocenters. The highest BCUT2D eigenvalue weighted by Gasteiger charge is 2.12. The molecule has 0 fully saturated rings. The van der Waals surface area contributed by atoms with Crippen LogP contribution in [0.4, 0.5) is 0 Å². The van der Waals surface area contributed by atoms with Crippen LogP contribution >= 0.6 is 23.1 Å². The topological polar surface area (TPSA) is 33.1 Å². The minimum absolute atomic E-state index is 0.389. The van der Waals surface area contributed by atoms with Crippen LogP contribution in [0.5, 0.6) is 0 Å². The molecule has 1 N–H and O–H groups in total. The second kappa shape index (κ2) is 5.67. The molecule has 0 aliphatic heterocycles. The van der Waals surface area contributed by atoms with Crippen LogP contribution in [0.3, 0.4) is 0 Å². The van der Waals surface area contributed by atoms with Gasteiger partial charge in [-0.15, -0.1) is 11.3 Å². The van der Waals surface area contributed by atoms with E-state index in [0.717, 1.165) is 26.9 Å². The van der Waals surface area contributed by atoms with Crippen molar-refractivity contribution >= 4 is 23.1 Å². The largest absolute Gasteiger partial charge is 0.388 e. The summed E-state index contributed by atoms with van der Waals surface area (Å²) in [6.45, 7) is 3.98. The predicted octanol–water partition coefficient (Wildman–Crippen LogP) is 4.05. The summed E-state index contributed by atoms with van der Waals surface area (Å²) < 4.78 is 1.03. The number of nitrogens with zero attached hydrogens (tertiary/aromatic N) is 1. The normalized spacial score (nSPS) is 12.6. The van der Waals surface area contributed by atoms with E-state index >= 15 is 0 Å². The molecule has 0 aliphatic carbocycles. The van der Waals surface area contributed by atoms with E-state index < -0.39 is 0 Å². The van der Waals surface area contributed by atoms with Crippen LogP contribution < -0.4 is 0 Å². The molecule has 0 aliphatic rings. The van der Waals surface area contributed by atoms with Crippen LogP contribution in [0.25, 0.3) is 0 Å². The predicted molar refractivity (Wildman–Crippen MR) is 72.7 cm³/mol. The summed E-state index contributed by atoms with van der Waals surface area (Å²) in [5, 5.41) is 12.0. The minimum Gasteiger partial charge on any atom is -0.388 e. The zero-order valence-electron chi connectivity index (χ0n) is 9.88. The van der Waals surface area contributed by atoms with E-state index in [1.165, 1.54) is 0 Å². The summed E-state index contributed by atoms with van der Waals surface area (Å²) in [5.41, 5.74) is 2.04. The summed E-state index contributed by atoms with van der Waals surface area (Å²) in [6.07, 6.45) is 0.342. The zero-order valence-corrected chi connectivity index (χ0v) is 11.5. The van der Waals surface area contributed by atoms with Crippen molar-refractivity contribution in [2.75, 3.05) is 0 Å². The van der Waals surface area contributed by atoms with E-state index in [4.69, 9.17) is 0 Å². The van der Waals surface area contributed by atoms with Gasteiger partial charge in [-0.25, -0.2) is 4.98 Å². The molecule has 0 radical (unpaired) electrons. The standard InChI is InChI=1S/C13H15NOS2/c1-3-11(15)10-6-4-5-7-12(10)17-13-14-9(2)8-16-13/h4-8,11,15H,3H2,1-2H3/t11-/m0/s1. The first kappa shape index (κ1) is 12.6. The second-order valence-corrected chi connectivity index (χ2v) is 5.97. The lowest BCUT2D eigenvalue weighted by Gasteiger charge is -2.12. The van der Waals surface area contributed by atoms with Gasteiger partial charge in [0, 0.05) is 16.0 Å². The van der Waals surface area contributed by atoms with Crippen molar-refractivity contribution in [2.24, 2.45) is 0 Å². The third kappa shape index (κ3) is 3.09. The van der Waals surface area contributed by atoms with Gasteiger partial charge >= 0.3 is 0 Å². The molecule has 90 valence electrons. The fourth-order valence-electron chi connectivity index (χ4n) is 1.54. The minimum atomic E-state index is -0.389. The Hall–Kier alpha value is -0.840. The molecule has 1 aromatic carbocycles.